The van der Waals surface area contributed by atoms with Crippen molar-refractivity contribution < 1.29 is 41.2 Å². The van der Waals surface area contributed by atoms with Gasteiger partial charge in [-0.15, -0.1) is 0 Å². The van der Waals surface area contributed by atoms with Gasteiger partial charge in [0.1, 0.15) is 5.15 Å². The molecule has 5 aromatic heterocycles. The van der Waals surface area contributed by atoms with Gasteiger partial charge in [-0.25, -0.2) is 45.8 Å². The minimum Gasteiger partial charge on any atom is -0.477 e. The Morgan fingerprint density at radius 2 is 1.06 bits per heavy atom. The average molecular weight is 1170 g/mol. The van der Waals surface area contributed by atoms with Crippen molar-refractivity contribution in [1.29, 1.82) is 0 Å². The third kappa shape index (κ3) is 16.8. The third-order valence-corrected chi connectivity index (χ3v) is 16.4. The first-order valence-corrected chi connectivity index (χ1v) is 31.3. The van der Waals surface area contributed by atoms with Crippen molar-refractivity contribution in [2.45, 2.75) is 210 Å². The van der Waals surface area contributed by atoms with Gasteiger partial charge in [0.2, 0.25) is 21.8 Å². The molecule has 0 unspecified atom stereocenters. The van der Waals surface area contributed by atoms with E-state index in [1.165, 1.54) is 45.9 Å². The number of rotatable bonds is 13. The predicted octanol–water partition coefficient (Wildman–Crippen LogP) is 9.98. The Morgan fingerprint density at radius 3 is 1.48 bits per heavy atom. The Labute approximate surface area is 478 Å². The lowest BCUT2D eigenvalue weighted by Gasteiger charge is -2.21. The first-order chi connectivity index (χ1) is 37.5. The summed E-state index contributed by atoms with van der Waals surface area (Å²) in [5, 5.41) is 32.7. The zero-order valence-electron chi connectivity index (χ0n) is 48.5. The molecule has 7 heterocycles. The van der Waals surface area contributed by atoms with Gasteiger partial charge in [-0.3, -0.25) is 9.97 Å². The van der Waals surface area contributed by atoms with Crippen LogP contribution in [0.15, 0.2) is 40.4 Å². The lowest BCUT2D eigenvalue weighted by Crippen LogP contribution is -2.35. The molecule has 3 saturated carbocycles. The number of aromatic nitrogens is 7. The second-order valence-corrected chi connectivity index (χ2v) is 26.5. The lowest BCUT2D eigenvalue weighted by molar-refractivity contribution is 0.224. The molecule has 80 heavy (non-hydrogen) atoms. The molecule has 25 heteroatoms. The number of aryl methyl sites for hydroxylation is 2. The van der Waals surface area contributed by atoms with Crippen LogP contribution >= 0.6 is 11.6 Å². The fourth-order valence-corrected chi connectivity index (χ4v) is 10.8. The van der Waals surface area contributed by atoms with Crippen LogP contribution in [0.25, 0.3) is 0 Å². The van der Waals surface area contributed by atoms with E-state index in [0.29, 0.717) is 72.7 Å². The fourth-order valence-electron chi connectivity index (χ4n) is 8.99. The largest absolute Gasteiger partial charge is 0.477 e. The fraction of sp³-hybridized carbons (Fsp3) is 0.600. The molecule has 0 radical (unpaired) electrons. The summed E-state index contributed by atoms with van der Waals surface area (Å²) in [6.07, 6.45) is 10.9. The van der Waals surface area contributed by atoms with E-state index >= 15 is 0 Å². The van der Waals surface area contributed by atoms with Gasteiger partial charge in [-0.05, 0) is 102 Å². The number of ether oxygens (including phenoxy) is 2. The van der Waals surface area contributed by atoms with Crippen molar-refractivity contribution in [3.63, 3.8) is 0 Å². The van der Waals surface area contributed by atoms with Crippen molar-refractivity contribution in [2.24, 2.45) is 5.14 Å². The maximum atomic E-state index is 12.8. The topological polar surface area (TPSA) is 321 Å². The number of nitrogens with zero attached hydrogens (tertiary/aromatic N) is 7. The maximum Gasteiger partial charge on any atom is 0.454 e. The van der Waals surface area contributed by atoms with Gasteiger partial charge in [0.15, 0.2) is 9.79 Å². The van der Waals surface area contributed by atoms with Crippen molar-refractivity contribution in [3.8, 4) is 11.8 Å². The second-order valence-electron chi connectivity index (χ2n) is 23.0. The number of halogens is 1. The Bertz CT molecular complexity index is 3080. The molecular weight excluding hydrogens is 1080 g/mol. The first kappa shape index (κ1) is 63.7. The smallest absolute Gasteiger partial charge is 0.454 e. The average Bonchev–Trinajstić information content (AvgIpc) is 4.28. The number of urea groups is 1. The summed E-state index contributed by atoms with van der Waals surface area (Å²) in [7, 11) is -8.89. The number of hydrogen-bond donors (Lipinski definition) is 7. The molecule has 0 aromatic carbocycles. The van der Waals surface area contributed by atoms with Gasteiger partial charge in [-0.1, -0.05) is 108 Å². The quantitative estimate of drug-likeness (QED) is 0.0426. The monoisotopic (exact) mass is 1170 g/mol. The van der Waals surface area contributed by atoms with Gasteiger partial charge in [0.25, 0.3) is 10.0 Å². The van der Waals surface area contributed by atoms with Crippen molar-refractivity contribution in [3.05, 3.63) is 80.9 Å². The molecule has 5 aliphatic rings. The summed E-state index contributed by atoms with van der Waals surface area (Å²) in [5.74, 6) is 3.61. The molecule has 0 saturated heterocycles. The zero-order valence-corrected chi connectivity index (χ0v) is 50.8. The molecule has 10 N–H and O–H groups in total. The minimum atomic E-state index is -4.15. The van der Waals surface area contributed by atoms with E-state index in [1.807, 2.05) is 39.8 Å². The molecule has 21 nitrogen and oxygen atoms in total. The molecule has 3 aliphatic carbocycles. The molecule has 0 atom stereocenters. The molecule has 2 aliphatic heterocycles. The minimum absolute atomic E-state index is 0.0350. The number of carbonyl (C=O) groups excluding carboxylic acids is 1. The Hall–Kier alpha value is -5.53. The summed E-state index contributed by atoms with van der Waals surface area (Å²) < 4.78 is 63.4. The summed E-state index contributed by atoms with van der Waals surface area (Å²) in [4.78, 5) is 26.4. The predicted molar refractivity (Wildman–Crippen MR) is 314 cm³/mol. The van der Waals surface area contributed by atoms with Crippen LogP contribution in [-0.4, -0.2) is 87.8 Å². The van der Waals surface area contributed by atoms with Crippen LogP contribution in [-0.2, 0) is 33.1 Å². The van der Waals surface area contributed by atoms with Gasteiger partial charge in [0.05, 0.1) is 59.8 Å². The number of nitrogen functional groups attached to an aromatic ring is 2. The van der Waals surface area contributed by atoms with E-state index in [2.05, 4.69) is 86.7 Å². The Kier molecular flexibility index (Phi) is 21.5. The highest BCUT2D eigenvalue weighted by atomic mass is 35.5. The van der Waals surface area contributed by atoms with E-state index in [1.54, 1.807) is 0 Å². The van der Waals surface area contributed by atoms with Crippen LogP contribution in [0.5, 0.6) is 11.8 Å². The van der Waals surface area contributed by atoms with Gasteiger partial charge in [-0.2, -0.15) is 10.2 Å². The normalized spacial score (nSPS) is 15.7. The Morgan fingerprint density at radius 1 is 0.637 bits per heavy atom. The maximum absolute atomic E-state index is 12.8. The SMILES string of the molecule is CC(C)c1cc(C2CC2)nc(C(C)C)c1N.CC(C)c1cc(C2CC2)nc(C(C)C)c1NC(=O)NS(=O)(=O)c1cnn2c1OCCC2.CC(C)c1cc(Cl)nc(C(C)C)c1N.NS(=O)(=O)c1cnn2c1OCCC2.OB(O)C1CC1. The zero-order chi connectivity index (χ0) is 59.1. The van der Waals surface area contributed by atoms with Crippen LogP contribution in [0.1, 0.15) is 227 Å². The number of amides is 2. The summed E-state index contributed by atoms with van der Waals surface area (Å²) in [6, 6.07) is 5.29. The van der Waals surface area contributed by atoms with Crippen LogP contribution in [0, 0.1) is 0 Å². The van der Waals surface area contributed by atoms with E-state index < -0.39 is 33.2 Å². The number of primary sulfonamides is 1. The second kappa shape index (κ2) is 27.0. The molecule has 2 amide bonds. The summed E-state index contributed by atoms with van der Waals surface area (Å²) in [5.41, 5.74) is 22.9. The van der Waals surface area contributed by atoms with E-state index in [4.69, 9.17) is 57.7 Å². The number of fused-ring (bicyclic) bond motifs is 2. The van der Waals surface area contributed by atoms with Gasteiger partial charge in [0, 0.05) is 49.2 Å². The van der Waals surface area contributed by atoms with Crippen LogP contribution in [0.3, 0.4) is 0 Å². The van der Waals surface area contributed by atoms with Crippen LogP contribution in [0.2, 0.25) is 11.0 Å². The highest BCUT2D eigenvalue weighted by Gasteiger charge is 2.34. The van der Waals surface area contributed by atoms with E-state index in [9.17, 15) is 21.6 Å². The summed E-state index contributed by atoms with van der Waals surface area (Å²) >= 11 is 5.94. The van der Waals surface area contributed by atoms with Crippen LogP contribution < -0.4 is 36.1 Å². The molecule has 10 rings (SSSR count). The highest BCUT2D eigenvalue weighted by molar-refractivity contribution is 7.90. The van der Waals surface area contributed by atoms with E-state index in [-0.39, 0.29) is 39.2 Å². The molecule has 0 bridgehead atoms. The molecule has 0 spiro atoms. The number of pyridine rings is 3. The van der Waals surface area contributed by atoms with Gasteiger partial charge >= 0.3 is 13.1 Å². The van der Waals surface area contributed by atoms with Crippen molar-refractivity contribution >= 4 is 61.9 Å². The third-order valence-electron chi connectivity index (χ3n) is 14.0. The first-order valence-electron chi connectivity index (χ1n) is 27.9. The Balaban J connectivity index is 0.000000177. The number of nitrogens with two attached hydrogens (primary N) is 3. The van der Waals surface area contributed by atoms with Gasteiger partial charge < -0.3 is 36.3 Å². The van der Waals surface area contributed by atoms with Crippen molar-refractivity contribution in [1.82, 2.24) is 39.2 Å². The van der Waals surface area contributed by atoms with E-state index in [0.717, 1.165) is 83.8 Å². The summed E-state index contributed by atoms with van der Waals surface area (Å²) in [6.45, 7) is 27.4. The number of nitrogens with one attached hydrogen (secondary N) is 2. The number of sulfonamides is 2. The molecule has 5 aromatic rings. The highest BCUT2D eigenvalue weighted by Crippen LogP contribution is 2.44. The van der Waals surface area contributed by atoms with Crippen LogP contribution in [0.4, 0.5) is 21.9 Å². The molecule has 440 valence electrons. The number of hydrogen-bond acceptors (Lipinski definition) is 16. The standard InChI is InChI=1S/C21H29N5O4S.C14H22N2.C11H17ClN2.C6H9N3O3S.C3H7BO2/c1-12(2)15-10-16(14-6-7-14)23-18(13(3)4)19(15)24-21(27)25-31(28,29)17-11-22-26-8-5-9-30-20(17)26;1-8(2)11-7-12(10-5-6-10)16-14(9(3)4)13(11)15;1-6(2)8-5-9(12)14-11(7(3)4)10(8)13;7-13(10,11)5-4-8-9-2-1-3-12-6(5)9;5-4(6)3-1-2-3/h10-14H,5-9H2,1-4H3,(H2,24,25,27);7-10H,5-6,15H2,1-4H3;5-7H,13H2,1-4H3;4H,1-3H2,(H2,7,10,11);3,5-6H,1-2H2. The lowest BCUT2D eigenvalue weighted by atomic mass is 9.84. The molecule has 3 fully saturated rings. The number of carbonyl (C=O) groups is 1. The molecular formula is C55H84BClN12O9S2. The number of anilines is 3. The van der Waals surface area contributed by atoms with Crippen molar-refractivity contribution in [2.75, 3.05) is 30.0 Å².